The van der Waals surface area contributed by atoms with Gasteiger partial charge in [0.05, 0.1) is 13.3 Å². The Morgan fingerprint density at radius 3 is 2.67 bits per heavy atom. The Kier molecular flexibility index (Phi) is 3.23. The molecule has 1 aliphatic rings. The fourth-order valence-electron chi connectivity index (χ4n) is 2.01. The van der Waals surface area contributed by atoms with Crippen molar-refractivity contribution in [1.82, 2.24) is 10.2 Å². The van der Waals surface area contributed by atoms with Crippen LogP contribution in [0, 0.1) is 0 Å². The minimum atomic E-state index is 0.352. The predicted molar refractivity (Wildman–Crippen MR) is 61.0 cm³/mol. The smallest absolute Gasteiger partial charge is 0.118 e. The van der Waals surface area contributed by atoms with Crippen LogP contribution in [0.25, 0.3) is 0 Å². The van der Waals surface area contributed by atoms with Crippen molar-refractivity contribution in [3.63, 3.8) is 0 Å². The van der Waals surface area contributed by atoms with Gasteiger partial charge in [-0.25, -0.2) is 0 Å². The number of nitrogens with zero attached hydrogens (tertiary/aromatic N) is 1. The van der Waals surface area contributed by atoms with Gasteiger partial charge in [0, 0.05) is 6.54 Å². The monoisotopic (exact) mass is 206 g/mol. The fourth-order valence-corrected chi connectivity index (χ4v) is 2.01. The van der Waals surface area contributed by atoms with Gasteiger partial charge >= 0.3 is 0 Å². The lowest BCUT2D eigenvalue weighted by Gasteiger charge is -2.33. The van der Waals surface area contributed by atoms with Crippen molar-refractivity contribution in [3.8, 4) is 5.75 Å². The third-order valence-electron chi connectivity index (χ3n) is 2.90. The number of hydrogen-bond acceptors (Lipinski definition) is 3. The van der Waals surface area contributed by atoms with E-state index in [1.165, 1.54) is 12.0 Å². The Morgan fingerprint density at radius 2 is 2.07 bits per heavy atom. The average molecular weight is 206 g/mol. The normalized spacial score (nSPS) is 22.7. The molecule has 1 aromatic carbocycles. The van der Waals surface area contributed by atoms with Crippen molar-refractivity contribution in [3.05, 3.63) is 29.8 Å². The summed E-state index contributed by atoms with van der Waals surface area (Å²) in [5, 5.41) is 3.51. The maximum atomic E-state index is 5.15. The number of rotatable bonds is 2. The summed E-state index contributed by atoms with van der Waals surface area (Å²) < 4.78 is 5.15. The van der Waals surface area contributed by atoms with Gasteiger partial charge in [-0.05, 0) is 37.7 Å². The molecule has 1 N–H and O–H groups in total. The van der Waals surface area contributed by atoms with Crippen LogP contribution in [-0.4, -0.2) is 32.1 Å². The zero-order valence-electron chi connectivity index (χ0n) is 9.36. The van der Waals surface area contributed by atoms with E-state index in [0.717, 1.165) is 18.8 Å². The van der Waals surface area contributed by atoms with Crippen molar-refractivity contribution < 1.29 is 4.74 Å². The molecule has 0 saturated carbocycles. The van der Waals surface area contributed by atoms with Gasteiger partial charge in [-0.15, -0.1) is 0 Å². The van der Waals surface area contributed by atoms with E-state index in [9.17, 15) is 0 Å². The highest BCUT2D eigenvalue weighted by Gasteiger charge is 2.19. The summed E-state index contributed by atoms with van der Waals surface area (Å²) in [6.45, 7) is 2.25. The topological polar surface area (TPSA) is 24.5 Å². The van der Waals surface area contributed by atoms with Crippen molar-refractivity contribution in [1.29, 1.82) is 0 Å². The van der Waals surface area contributed by atoms with Gasteiger partial charge in [-0.1, -0.05) is 12.1 Å². The van der Waals surface area contributed by atoms with Crippen molar-refractivity contribution in [2.45, 2.75) is 12.6 Å². The Balaban J connectivity index is 2.13. The zero-order chi connectivity index (χ0) is 10.7. The van der Waals surface area contributed by atoms with Crippen LogP contribution in [0.3, 0.4) is 0 Å². The highest BCUT2D eigenvalue weighted by molar-refractivity contribution is 5.29. The number of hydrogen-bond donors (Lipinski definition) is 1. The summed E-state index contributed by atoms with van der Waals surface area (Å²) in [4.78, 5) is 2.34. The van der Waals surface area contributed by atoms with E-state index >= 15 is 0 Å². The quantitative estimate of drug-likeness (QED) is 0.795. The Labute approximate surface area is 91.0 Å². The van der Waals surface area contributed by atoms with Crippen molar-refractivity contribution in [2.24, 2.45) is 0 Å². The van der Waals surface area contributed by atoms with Crippen molar-refractivity contribution >= 4 is 0 Å². The van der Waals surface area contributed by atoms with E-state index in [4.69, 9.17) is 4.74 Å². The molecule has 1 atom stereocenters. The summed E-state index contributed by atoms with van der Waals surface area (Å²) in [5.74, 6) is 0.914. The van der Waals surface area contributed by atoms with Crippen LogP contribution < -0.4 is 10.1 Å². The third kappa shape index (κ3) is 2.30. The van der Waals surface area contributed by atoms with Crippen LogP contribution in [0.2, 0.25) is 0 Å². The molecule has 1 saturated heterocycles. The summed E-state index contributed by atoms with van der Waals surface area (Å²) >= 11 is 0. The maximum absolute atomic E-state index is 5.15. The van der Waals surface area contributed by atoms with Gasteiger partial charge in [-0.3, -0.25) is 10.2 Å². The highest BCUT2D eigenvalue weighted by Crippen LogP contribution is 2.21. The second-order valence-corrected chi connectivity index (χ2v) is 3.96. The minimum Gasteiger partial charge on any atom is -0.497 e. The zero-order valence-corrected chi connectivity index (χ0v) is 9.36. The van der Waals surface area contributed by atoms with Crippen LogP contribution in [0.4, 0.5) is 0 Å². The van der Waals surface area contributed by atoms with Gasteiger partial charge in [0.1, 0.15) is 5.75 Å². The summed E-state index contributed by atoms with van der Waals surface area (Å²) in [6.07, 6.45) is 1.58. The fraction of sp³-hybridized carbons (Fsp3) is 0.500. The first kappa shape index (κ1) is 10.5. The molecule has 0 spiro atoms. The molecule has 3 heteroatoms. The van der Waals surface area contributed by atoms with E-state index in [2.05, 4.69) is 29.4 Å². The molecule has 1 heterocycles. The minimum absolute atomic E-state index is 0.352. The number of benzene rings is 1. The summed E-state index contributed by atoms with van der Waals surface area (Å²) in [6, 6.07) is 8.27. The van der Waals surface area contributed by atoms with Crippen LogP contribution in [0.1, 0.15) is 18.2 Å². The van der Waals surface area contributed by atoms with E-state index < -0.39 is 0 Å². The van der Waals surface area contributed by atoms with Gasteiger partial charge in [0.25, 0.3) is 0 Å². The van der Waals surface area contributed by atoms with Crippen LogP contribution in [-0.2, 0) is 0 Å². The molecule has 1 unspecified atom stereocenters. The van der Waals surface area contributed by atoms with Gasteiger partial charge in [0.2, 0.25) is 0 Å². The average Bonchev–Trinajstić information content (AvgIpc) is 2.30. The molecule has 1 aromatic rings. The van der Waals surface area contributed by atoms with Gasteiger partial charge in [-0.2, -0.15) is 0 Å². The first-order chi connectivity index (χ1) is 7.31. The maximum Gasteiger partial charge on any atom is 0.118 e. The third-order valence-corrected chi connectivity index (χ3v) is 2.90. The molecule has 0 amide bonds. The van der Waals surface area contributed by atoms with Crippen molar-refractivity contribution in [2.75, 3.05) is 27.2 Å². The Hall–Kier alpha value is -1.06. The molecule has 3 nitrogen and oxygen atoms in total. The molecule has 1 fully saturated rings. The highest BCUT2D eigenvalue weighted by atomic mass is 16.5. The molecule has 1 aliphatic heterocycles. The number of nitrogens with one attached hydrogen (secondary N) is 1. The Bertz CT molecular complexity index is 310. The SMILES string of the molecule is COc1ccc(C2NCCCN2C)cc1. The van der Waals surface area contributed by atoms with Crippen LogP contribution in [0.5, 0.6) is 5.75 Å². The molecular weight excluding hydrogens is 188 g/mol. The molecular formula is C12H18N2O. The molecule has 0 aliphatic carbocycles. The van der Waals surface area contributed by atoms with Crippen LogP contribution >= 0.6 is 0 Å². The first-order valence-corrected chi connectivity index (χ1v) is 5.39. The molecule has 0 radical (unpaired) electrons. The van der Waals surface area contributed by atoms with Crippen LogP contribution in [0.15, 0.2) is 24.3 Å². The molecule has 2 rings (SSSR count). The molecule has 82 valence electrons. The lowest BCUT2D eigenvalue weighted by atomic mass is 10.1. The van der Waals surface area contributed by atoms with E-state index in [1.54, 1.807) is 7.11 Å². The lowest BCUT2D eigenvalue weighted by Crippen LogP contribution is -2.42. The number of methoxy groups -OCH3 is 1. The Morgan fingerprint density at radius 1 is 1.33 bits per heavy atom. The van der Waals surface area contributed by atoms with E-state index in [-0.39, 0.29) is 0 Å². The standard InChI is InChI=1S/C12H18N2O/c1-14-9-3-8-13-12(14)10-4-6-11(15-2)7-5-10/h4-7,12-13H,3,8-9H2,1-2H3. The van der Waals surface area contributed by atoms with Gasteiger partial charge < -0.3 is 4.74 Å². The molecule has 15 heavy (non-hydrogen) atoms. The lowest BCUT2D eigenvalue weighted by molar-refractivity contribution is 0.167. The largest absolute Gasteiger partial charge is 0.497 e. The van der Waals surface area contributed by atoms with E-state index in [1.807, 2.05) is 12.1 Å². The number of ether oxygens (including phenoxy) is 1. The van der Waals surface area contributed by atoms with Gasteiger partial charge in [0.15, 0.2) is 0 Å². The second-order valence-electron chi connectivity index (χ2n) is 3.96. The second kappa shape index (κ2) is 4.64. The predicted octanol–water partition coefficient (Wildman–Crippen LogP) is 1.62. The summed E-state index contributed by atoms with van der Waals surface area (Å²) in [7, 11) is 3.85. The molecule has 0 bridgehead atoms. The molecule has 0 aromatic heterocycles. The van der Waals surface area contributed by atoms with E-state index in [0.29, 0.717) is 6.17 Å². The first-order valence-electron chi connectivity index (χ1n) is 5.39. The summed E-state index contributed by atoms with van der Waals surface area (Å²) in [5.41, 5.74) is 1.30.